The van der Waals surface area contributed by atoms with Crippen molar-refractivity contribution in [3.63, 3.8) is 0 Å². The highest BCUT2D eigenvalue weighted by Gasteiger charge is 2.06. The Hall–Kier alpha value is -1.81. The van der Waals surface area contributed by atoms with Gasteiger partial charge in [-0.25, -0.2) is 4.79 Å². The summed E-state index contributed by atoms with van der Waals surface area (Å²) >= 11 is 1.79. The van der Waals surface area contributed by atoms with Crippen molar-refractivity contribution in [3.05, 3.63) is 51.7 Å². The molecule has 0 aliphatic carbocycles. The fourth-order valence-electron chi connectivity index (χ4n) is 1.77. The fourth-order valence-corrected chi connectivity index (χ4v) is 2.60. The van der Waals surface area contributed by atoms with Gasteiger partial charge in [0, 0.05) is 22.0 Å². The lowest BCUT2D eigenvalue weighted by Crippen LogP contribution is -2.06. The monoisotopic (exact) mass is 289 g/mol. The zero-order chi connectivity index (χ0) is 14.4. The minimum Gasteiger partial charge on any atom is -0.462 e. The molecular formula is C16H19NO2S. The molecule has 0 saturated carbocycles. The minimum atomic E-state index is -0.257. The number of anilines is 1. The second kappa shape index (κ2) is 7.10. The lowest BCUT2D eigenvalue weighted by Gasteiger charge is -2.06. The highest BCUT2D eigenvalue weighted by molar-refractivity contribution is 7.11. The van der Waals surface area contributed by atoms with Crippen molar-refractivity contribution in [1.29, 1.82) is 0 Å². The first kappa shape index (κ1) is 14.6. The molecule has 106 valence electrons. The number of aryl methyl sites for hydroxylation is 1. The molecule has 3 nitrogen and oxygen atoms in total. The van der Waals surface area contributed by atoms with Crippen LogP contribution in [0.5, 0.6) is 0 Å². The normalized spacial score (nSPS) is 10.3. The third-order valence-corrected chi connectivity index (χ3v) is 3.82. The Morgan fingerprint density at radius 2 is 1.95 bits per heavy atom. The number of hydrogen-bond acceptors (Lipinski definition) is 4. The van der Waals surface area contributed by atoms with Gasteiger partial charge in [-0.3, -0.25) is 0 Å². The predicted molar refractivity (Wildman–Crippen MR) is 83.4 cm³/mol. The maximum absolute atomic E-state index is 11.7. The van der Waals surface area contributed by atoms with Gasteiger partial charge in [-0.2, -0.15) is 0 Å². The van der Waals surface area contributed by atoms with Gasteiger partial charge in [0.1, 0.15) is 0 Å². The van der Waals surface area contributed by atoms with Gasteiger partial charge in [-0.05, 0) is 49.7 Å². The summed E-state index contributed by atoms with van der Waals surface area (Å²) in [5.41, 5.74) is 1.60. The van der Waals surface area contributed by atoms with Crippen LogP contribution in [0.25, 0.3) is 0 Å². The zero-order valence-electron chi connectivity index (χ0n) is 11.8. The molecule has 20 heavy (non-hydrogen) atoms. The molecular weight excluding hydrogens is 270 g/mol. The first-order chi connectivity index (χ1) is 9.69. The van der Waals surface area contributed by atoms with E-state index in [0.29, 0.717) is 12.2 Å². The number of hydrogen-bond donors (Lipinski definition) is 1. The number of benzene rings is 1. The Labute approximate surface area is 123 Å². The van der Waals surface area contributed by atoms with Crippen LogP contribution >= 0.6 is 11.3 Å². The molecule has 4 heteroatoms. The van der Waals surface area contributed by atoms with E-state index in [1.165, 1.54) is 9.75 Å². The number of esters is 1. The van der Waals surface area contributed by atoms with Crippen LogP contribution < -0.4 is 5.32 Å². The van der Waals surface area contributed by atoms with Crippen LogP contribution in [0, 0.1) is 6.92 Å². The molecule has 1 aromatic carbocycles. The Kier molecular flexibility index (Phi) is 5.18. The number of thiophene rings is 1. The van der Waals surface area contributed by atoms with Crippen LogP contribution in [0.15, 0.2) is 36.4 Å². The lowest BCUT2D eigenvalue weighted by molar-refractivity contribution is 0.0505. The maximum atomic E-state index is 11.7. The van der Waals surface area contributed by atoms with E-state index in [1.54, 1.807) is 23.5 Å². The van der Waals surface area contributed by atoms with E-state index in [0.717, 1.165) is 18.7 Å². The molecule has 0 amide bonds. The van der Waals surface area contributed by atoms with E-state index >= 15 is 0 Å². The Balaban J connectivity index is 1.89. The summed E-state index contributed by atoms with van der Waals surface area (Å²) in [5, 5.41) is 3.34. The summed E-state index contributed by atoms with van der Waals surface area (Å²) in [5.74, 6) is -0.257. The molecule has 0 fully saturated rings. The van der Waals surface area contributed by atoms with Crippen LogP contribution in [0.1, 0.15) is 33.5 Å². The number of carbonyl (C=O) groups excluding carboxylic acids is 1. The highest BCUT2D eigenvalue weighted by atomic mass is 32.1. The molecule has 2 aromatic rings. The molecule has 1 heterocycles. The van der Waals surface area contributed by atoms with Crippen LogP contribution in [0.3, 0.4) is 0 Å². The quantitative estimate of drug-likeness (QED) is 0.808. The van der Waals surface area contributed by atoms with E-state index < -0.39 is 0 Å². The summed E-state index contributed by atoms with van der Waals surface area (Å²) in [6.07, 6.45) is 0.839. The van der Waals surface area contributed by atoms with Crippen molar-refractivity contribution in [2.24, 2.45) is 0 Å². The second-order valence-corrected chi connectivity index (χ2v) is 5.95. The Morgan fingerprint density at radius 3 is 2.55 bits per heavy atom. The average Bonchev–Trinajstić information content (AvgIpc) is 2.89. The molecule has 0 aliphatic rings. The zero-order valence-corrected chi connectivity index (χ0v) is 12.6. The fraction of sp³-hybridized carbons (Fsp3) is 0.312. The van der Waals surface area contributed by atoms with Crippen molar-refractivity contribution in [2.45, 2.75) is 26.8 Å². The van der Waals surface area contributed by atoms with Gasteiger partial charge in [-0.1, -0.05) is 6.92 Å². The Bertz CT molecular complexity index is 560. The van der Waals surface area contributed by atoms with Crippen LogP contribution in [-0.4, -0.2) is 12.6 Å². The number of ether oxygens (including phenoxy) is 1. The molecule has 0 radical (unpaired) electrons. The van der Waals surface area contributed by atoms with Gasteiger partial charge >= 0.3 is 5.97 Å². The van der Waals surface area contributed by atoms with Crippen molar-refractivity contribution in [2.75, 3.05) is 11.9 Å². The summed E-state index contributed by atoms with van der Waals surface area (Å²) < 4.78 is 5.09. The van der Waals surface area contributed by atoms with E-state index in [-0.39, 0.29) is 5.97 Å². The first-order valence-corrected chi connectivity index (χ1v) is 7.57. The smallest absolute Gasteiger partial charge is 0.338 e. The number of nitrogens with one attached hydrogen (secondary N) is 1. The van der Waals surface area contributed by atoms with E-state index in [2.05, 4.69) is 24.4 Å². The summed E-state index contributed by atoms with van der Waals surface area (Å²) in [7, 11) is 0. The standard InChI is InChI=1S/C16H19NO2S/c1-3-10-19-16(18)13-5-7-14(8-6-13)17-11-15-9-4-12(2)20-15/h4-9,17H,3,10-11H2,1-2H3. The Morgan fingerprint density at radius 1 is 1.20 bits per heavy atom. The van der Waals surface area contributed by atoms with Crippen molar-refractivity contribution < 1.29 is 9.53 Å². The number of carbonyl (C=O) groups is 1. The van der Waals surface area contributed by atoms with E-state index in [9.17, 15) is 4.79 Å². The number of rotatable bonds is 6. The van der Waals surface area contributed by atoms with Gasteiger partial charge in [0.05, 0.1) is 12.2 Å². The molecule has 1 N–H and O–H groups in total. The summed E-state index contributed by atoms with van der Waals surface area (Å²) in [6.45, 7) is 5.35. The van der Waals surface area contributed by atoms with Crippen molar-refractivity contribution in [3.8, 4) is 0 Å². The summed E-state index contributed by atoms with van der Waals surface area (Å²) in [6, 6.07) is 11.6. The summed E-state index contributed by atoms with van der Waals surface area (Å²) in [4.78, 5) is 14.3. The van der Waals surface area contributed by atoms with Gasteiger partial charge in [-0.15, -0.1) is 11.3 Å². The van der Waals surface area contributed by atoms with E-state index in [4.69, 9.17) is 4.74 Å². The molecule has 0 unspecified atom stereocenters. The topological polar surface area (TPSA) is 38.3 Å². The minimum absolute atomic E-state index is 0.257. The maximum Gasteiger partial charge on any atom is 0.338 e. The van der Waals surface area contributed by atoms with Gasteiger partial charge < -0.3 is 10.1 Å². The highest BCUT2D eigenvalue weighted by Crippen LogP contribution is 2.17. The molecule has 1 aromatic heterocycles. The molecule has 0 saturated heterocycles. The van der Waals surface area contributed by atoms with Gasteiger partial charge in [0.15, 0.2) is 0 Å². The van der Waals surface area contributed by atoms with Crippen LogP contribution in [0.2, 0.25) is 0 Å². The molecule has 2 rings (SSSR count). The third kappa shape index (κ3) is 4.10. The first-order valence-electron chi connectivity index (χ1n) is 6.75. The predicted octanol–water partition coefficient (Wildman–Crippen LogP) is 4.24. The molecule has 0 bridgehead atoms. The van der Waals surface area contributed by atoms with Crippen molar-refractivity contribution >= 4 is 23.0 Å². The molecule has 0 atom stereocenters. The second-order valence-electron chi connectivity index (χ2n) is 4.58. The molecule has 0 spiro atoms. The largest absolute Gasteiger partial charge is 0.462 e. The van der Waals surface area contributed by atoms with Gasteiger partial charge in [0.25, 0.3) is 0 Å². The van der Waals surface area contributed by atoms with Gasteiger partial charge in [0.2, 0.25) is 0 Å². The average molecular weight is 289 g/mol. The van der Waals surface area contributed by atoms with E-state index in [1.807, 2.05) is 19.1 Å². The lowest BCUT2D eigenvalue weighted by atomic mass is 10.2. The molecule has 0 aliphatic heterocycles. The van der Waals surface area contributed by atoms with Crippen molar-refractivity contribution in [1.82, 2.24) is 0 Å². The SMILES string of the molecule is CCCOC(=O)c1ccc(NCc2ccc(C)s2)cc1. The van der Waals surface area contributed by atoms with Crippen LogP contribution in [-0.2, 0) is 11.3 Å². The van der Waals surface area contributed by atoms with Crippen LogP contribution in [0.4, 0.5) is 5.69 Å². The third-order valence-electron chi connectivity index (χ3n) is 2.82.